The van der Waals surface area contributed by atoms with Crippen molar-refractivity contribution in [2.24, 2.45) is 0 Å². The Labute approximate surface area is 119 Å². The number of likely N-dealkylation sites (tertiary alicyclic amines) is 1. The molecular formula is C14H23N5O. The summed E-state index contributed by atoms with van der Waals surface area (Å²) in [5, 5.41) is 10.00. The number of anilines is 1. The van der Waals surface area contributed by atoms with Crippen molar-refractivity contribution in [3.05, 3.63) is 11.4 Å². The van der Waals surface area contributed by atoms with Gasteiger partial charge in [-0.1, -0.05) is 13.3 Å². The number of nitrogen functional groups attached to an aromatic ring is 1. The zero-order valence-corrected chi connectivity index (χ0v) is 12.0. The van der Waals surface area contributed by atoms with Crippen LogP contribution < -0.4 is 11.1 Å². The minimum absolute atomic E-state index is 0.149. The van der Waals surface area contributed by atoms with E-state index in [9.17, 15) is 4.79 Å². The summed E-state index contributed by atoms with van der Waals surface area (Å²) in [7, 11) is 0. The van der Waals surface area contributed by atoms with Crippen molar-refractivity contribution in [1.29, 1.82) is 0 Å². The molecule has 0 aromatic carbocycles. The zero-order valence-electron chi connectivity index (χ0n) is 12.0. The Bertz CT molecular complexity index is 494. The first kappa shape index (κ1) is 13.4. The van der Waals surface area contributed by atoms with E-state index >= 15 is 0 Å². The van der Waals surface area contributed by atoms with Crippen LogP contribution in [0.5, 0.6) is 0 Å². The first-order valence-corrected chi connectivity index (χ1v) is 7.56. The lowest BCUT2D eigenvalue weighted by atomic mass is 10.2. The average molecular weight is 277 g/mol. The monoisotopic (exact) mass is 277 g/mol. The van der Waals surface area contributed by atoms with Gasteiger partial charge < -0.3 is 11.1 Å². The lowest BCUT2D eigenvalue weighted by Gasteiger charge is -2.15. The van der Waals surface area contributed by atoms with Gasteiger partial charge in [0.2, 0.25) is 0 Å². The van der Waals surface area contributed by atoms with Gasteiger partial charge in [-0.25, -0.2) is 0 Å². The van der Waals surface area contributed by atoms with Gasteiger partial charge in [-0.2, -0.15) is 5.10 Å². The number of nitrogens with two attached hydrogens (primary N) is 1. The van der Waals surface area contributed by atoms with Crippen LogP contribution in [0.15, 0.2) is 0 Å². The van der Waals surface area contributed by atoms with Crippen molar-refractivity contribution in [2.75, 3.05) is 18.8 Å². The molecule has 6 heteroatoms. The third kappa shape index (κ3) is 2.65. The van der Waals surface area contributed by atoms with Crippen LogP contribution in [0, 0.1) is 0 Å². The highest BCUT2D eigenvalue weighted by atomic mass is 16.2. The molecule has 1 aliphatic carbocycles. The second-order valence-electron chi connectivity index (χ2n) is 5.90. The van der Waals surface area contributed by atoms with Gasteiger partial charge in [0.05, 0.1) is 11.4 Å². The maximum atomic E-state index is 12.2. The van der Waals surface area contributed by atoms with E-state index in [0.29, 0.717) is 11.4 Å². The van der Waals surface area contributed by atoms with Gasteiger partial charge in [0.15, 0.2) is 5.69 Å². The maximum absolute atomic E-state index is 12.2. The van der Waals surface area contributed by atoms with Crippen molar-refractivity contribution >= 4 is 11.6 Å². The van der Waals surface area contributed by atoms with Gasteiger partial charge in [-0.05, 0) is 25.7 Å². The number of aryl methyl sites for hydroxylation is 1. The average Bonchev–Trinajstić information content (AvgIpc) is 3.08. The van der Waals surface area contributed by atoms with Gasteiger partial charge >= 0.3 is 0 Å². The third-order valence-electron chi connectivity index (χ3n) is 4.22. The molecule has 1 saturated heterocycles. The molecular weight excluding hydrogens is 254 g/mol. The van der Waals surface area contributed by atoms with Gasteiger partial charge in [0, 0.05) is 25.2 Å². The lowest BCUT2D eigenvalue weighted by molar-refractivity contribution is 0.0933. The van der Waals surface area contributed by atoms with E-state index < -0.39 is 0 Å². The quantitative estimate of drug-likeness (QED) is 0.746. The molecule has 0 radical (unpaired) electrons. The number of rotatable bonds is 5. The highest BCUT2D eigenvalue weighted by Gasteiger charge is 2.35. The van der Waals surface area contributed by atoms with E-state index in [0.717, 1.165) is 44.1 Å². The van der Waals surface area contributed by atoms with Crippen LogP contribution in [-0.4, -0.2) is 46.2 Å². The second-order valence-corrected chi connectivity index (χ2v) is 5.90. The number of nitrogens with one attached hydrogen (secondary N) is 2. The highest BCUT2D eigenvalue weighted by Crippen LogP contribution is 2.29. The van der Waals surface area contributed by atoms with Crippen LogP contribution in [0.25, 0.3) is 0 Å². The van der Waals surface area contributed by atoms with Crippen LogP contribution >= 0.6 is 0 Å². The summed E-state index contributed by atoms with van der Waals surface area (Å²) in [5.41, 5.74) is 7.70. The van der Waals surface area contributed by atoms with Crippen molar-refractivity contribution < 1.29 is 4.79 Å². The molecule has 1 atom stereocenters. The van der Waals surface area contributed by atoms with E-state index in [1.54, 1.807) is 0 Å². The Balaban J connectivity index is 1.59. The molecule has 3 rings (SSSR count). The topological polar surface area (TPSA) is 87.0 Å². The first-order chi connectivity index (χ1) is 9.69. The fourth-order valence-electron chi connectivity index (χ4n) is 2.93. The fourth-order valence-corrected chi connectivity index (χ4v) is 2.93. The molecule has 1 amide bonds. The number of hydrogen-bond donors (Lipinski definition) is 3. The molecule has 110 valence electrons. The normalized spacial score (nSPS) is 23.1. The van der Waals surface area contributed by atoms with Crippen LogP contribution in [0.4, 0.5) is 5.69 Å². The summed E-state index contributed by atoms with van der Waals surface area (Å²) < 4.78 is 0. The summed E-state index contributed by atoms with van der Waals surface area (Å²) >= 11 is 0. The minimum Gasteiger partial charge on any atom is -0.395 e. The molecule has 1 saturated carbocycles. The molecule has 1 aromatic heterocycles. The summed E-state index contributed by atoms with van der Waals surface area (Å²) in [5.74, 6) is -0.149. The molecule has 0 bridgehead atoms. The van der Waals surface area contributed by atoms with E-state index in [-0.39, 0.29) is 11.9 Å². The Morgan fingerprint density at radius 3 is 3.00 bits per heavy atom. The summed E-state index contributed by atoms with van der Waals surface area (Å²) in [6.07, 6.45) is 5.45. The summed E-state index contributed by atoms with van der Waals surface area (Å²) in [6.45, 7) is 4.13. The van der Waals surface area contributed by atoms with Gasteiger partial charge in [0.1, 0.15) is 0 Å². The molecule has 0 spiro atoms. The van der Waals surface area contributed by atoms with Gasteiger partial charge in [-0.3, -0.25) is 14.8 Å². The predicted molar refractivity (Wildman–Crippen MR) is 77.5 cm³/mol. The second kappa shape index (κ2) is 5.44. The van der Waals surface area contributed by atoms with E-state index in [1.165, 1.54) is 12.8 Å². The summed E-state index contributed by atoms with van der Waals surface area (Å²) in [6, 6.07) is 0.998. The number of aromatic nitrogens is 2. The van der Waals surface area contributed by atoms with Crippen LogP contribution in [0.1, 0.15) is 48.8 Å². The SMILES string of the molecule is CCCc1[nH]nc(C(=O)NC2CCN(C3CC3)C2)c1N. The third-order valence-corrected chi connectivity index (χ3v) is 4.22. The summed E-state index contributed by atoms with van der Waals surface area (Å²) in [4.78, 5) is 14.7. The number of H-pyrrole nitrogens is 1. The lowest BCUT2D eigenvalue weighted by Crippen LogP contribution is -2.37. The number of carbonyl (C=O) groups excluding carboxylic acids is 1. The maximum Gasteiger partial charge on any atom is 0.274 e. The number of aromatic amines is 1. The standard InChI is InChI=1S/C14H23N5O/c1-2-3-11-12(15)13(18-17-11)14(20)16-9-6-7-19(8-9)10-4-5-10/h9-10H,2-8,15H2,1H3,(H,16,20)(H,17,18). The minimum atomic E-state index is -0.149. The molecule has 1 unspecified atom stereocenters. The van der Waals surface area contributed by atoms with Crippen molar-refractivity contribution in [3.63, 3.8) is 0 Å². The fraction of sp³-hybridized carbons (Fsp3) is 0.714. The molecule has 4 N–H and O–H groups in total. The van der Waals surface area contributed by atoms with Crippen molar-refractivity contribution in [2.45, 2.75) is 51.1 Å². The Morgan fingerprint density at radius 1 is 1.50 bits per heavy atom. The van der Waals surface area contributed by atoms with Crippen LogP contribution in [0.3, 0.4) is 0 Å². The smallest absolute Gasteiger partial charge is 0.274 e. The van der Waals surface area contributed by atoms with E-state index in [1.807, 2.05) is 0 Å². The van der Waals surface area contributed by atoms with Crippen molar-refractivity contribution in [3.8, 4) is 0 Å². The first-order valence-electron chi connectivity index (χ1n) is 7.56. The van der Waals surface area contributed by atoms with Gasteiger partial charge in [-0.15, -0.1) is 0 Å². The number of hydrogen-bond acceptors (Lipinski definition) is 4. The number of amides is 1. The number of nitrogens with zero attached hydrogens (tertiary/aromatic N) is 2. The Kier molecular flexibility index (Phi) is 3.65. The molecule has 1 aromatic rings. The Hall–Kier alpha value is -1.56. The predicted octanol–water partition coefficient (Wildman–Crippen LogP) is 0.911. The molecule has 2 fully saturated rings. The molecule has 20 heavy (non-hydrogen) atoms. The van der Waals surface area contributed by atoms with E-state index in [2.05, 4.69) is 27.3 Å². The van der Waals surface area contributed by atoms with Crippen LogP contribution in [-0.2, 0) is 6.42 Å². The Morgan fingerprint density at radius 2 is 2.30 bits per heavy atom. The van der Waals surface area contributed by atoms with Gasteiger partial charge in [0.25, 0.3) is 5.91 Å². The zero-order chi connectivity index (χ0) is 14.1. The highest BCUT2D eigenvalue weighted by molar-refractivity contribution is 5.97. The molecule has 1 aliphatic heterocycles. The van der Waals surface area contributed by atoms with E-state index in [4.69, 9.17) is 5.73 Å². The molecule has 6 nitrogen and oxygen atoms in total. The molecule has 2 heterocycles. The number of carbonyl (C=O) groups is 1. The van der Waals surface area contributed by atoms with Crippen LogP contribution in [0.2, 0.25) is 0 Å². The van der Waals surface area contributed by atoms with Crippen molar-refractivity contribution in [1.82, 2.24) is 20.4 Å². The largest absolute Gasteiger partial charge is 0.395 e. The molecule has 2 aliphatic rings.